The molecule has 0 unspecified atom stereocenters. The summed E-state index contributed by atoms with van der Waals surface area (Å²) in [5.74, 6) is 0.616. The Bertz CT molecular complexity index is 875. The summed E-state index contributed by atoms with van der Waals surface area (Å²) in [5, 5.41) is 0.431. The zero-order valence-corrected chi connectivity index (χ0v) is 15.5. The number of allylic oxidation sites excluding steroid dienone is 1. The highest BCUT2D eigenvalue weighted by Gasteiger charge is 2.41. The van der Waals surface area contributed by atoms with Gasteiger partial charge in [-0.3, -0.25) is 19.9 Å². The number of hydrogen-bond acceptors (Lipinski definition) is 5. The number of anilines is 1. The number of nitrogens with one attached hydrogen (secondary N) is 1. The van der Waals surface area contributed by atoms with Crippen LogP contribution in [0.25, 0.3) is 0 Å². The summed E-state index contributed by atoms with van der Waals surface area (Å²) >= 11 is 6.28. The number of hydrogen-bond donors (Lipinski definition) is 1. The molecule has 0 saturated heterocycles. The predicted octanol–water partition coefficient (Wildman–Crippen LogP) is 3.57. The average Bonchev–Trinajstić information content (AvgIpc) is 3.21. The molecule has 0 saturated carbocycles. The minimum atomic E-state index is -0.218. The van der Waals surface area contributed by atoms with Gasteiger partial charge in [-0.15, -0.1) is 6.58 Å². The minimum Gasteiger partial charge on any atom is -0.458 e. The number of halogens is 1. The number of imide groups is 1. The van der Waals surface area contributed by atoms with Gasteiger partial charge in [0.1, 0.15) is 5.76 Å². The number of rotatable bonds is 5. The first kappa shape index (κ1) is 17.8. The molecule has 1 aromatic carbocycles. The van der Waals surface area contributed by atoms with Crippen LogP contribution in [0.5, 0.6) is 5.75 Å². The highest BCUT2D eigenvalue weighted by molar-refractivity contribution is 6.34. The minimum absolute atomic E-state index is 0.218. The number of carbonyl (C=O) groups is 2. The Morgan fingerprint density at radius 3 is 2.59 bits per heavy atom. The number of fused-ring (bicyclic) bond motifs is 1. The molecule has 1 aliphatic carbocycles. The van der Waals surface area contributed by atoms with Crippen molar-refractivity contribution in [3.8, 4) is 5.75 Å². The van der Waals surface area contributed by atoms with E-state index in [0.717, 1.165) is 18.4 Å². The third-order valence-electron chi connectivity index (χ3n) is 4.91. The first-order valence-corrected chi connectivity index (χ1v) is 9.27. The second-order valence-electron chi connectivity index (χ2n) is 6.59. The summed E-state index contributed by atoms with van der Waals surface area (Å²) in [4.78, 5) is 32.2. The van der Waals surface area contributed by atoms with Crippen LogP contribution in [0, 0.1) is 0 Å². The Hall–Kier alpha value is -2.57. The molecule has 0 bridgehead atoms. The smallest absolute Gasteiger partial charge is 0.261 e. The lowest BCUT2D eigenvalue weighted by Gasteiger charge is -2.18. The SMILES string of the molecule is C=CCONC=C1Cc2c(N3C(=O)C4=C(CCCC4)C3=O)ccc(Cl)c2O1. The molecule has 0 spiro atoms. The van der Waals surface area contributed by atoms with Crippen LogP contribution in [0.1, 0.15) is 31.2 Å². The Labute approximate surface area is 162 Å². The zero-order chi connectivity index (χ0) is 19.0. The normalized spacial score (nSPS) is 20.0. The van der Waals surface area contributed by atoms with E-state index in [2.05, 4.69) is 12.1 Å². The van der Waals surface area contributed by atoms with E-state index in [4.69, 9.17) is 21.2 Å². The molecule has 0 fully saturated rings. The summed E-state index contributed by atoms with van der Waals surface area (Å²) in [6.45, 7) is 3.91. The van der Waals surface area contributed by atoms with Crippen molar-refractivity contribution in [1.29, 1.82) is 0 Å². The van der Waals surface area contributed by atoms with E-state index in [9.17, 15) is 9.59 Å². The molecule has 1 aromatic rings. The third-order valence-corrected chi connectivity index (χ3v) is 5.21. The van der Waals surface area contributed by atoms with Crippen LogP contribution in [0.15, 0.2) is 47.9 Å². The molecule has 2 heterocycles. The van der Waals surface area contributed by atoms with Crippen molar-refractivity contribution in [2.24, 2.45) is 0 Å². The van der Waals surface area contributed by atoms with Crippen LogP contribution in [0.2, 0.25) is 5.02 Å². The fraction of sp³-hybridized carbons (Fsp3) is 0.300. The highest BCUT2D eigenvalue weighted by atomic mass is 35.5. The van der Waals surface area contributed by atoms with Crippen LogP contribution in [-0.2, 0) is 20.8 Å². The third kappa shape index (κ3) is 3.05. The fourth-order valence-corrected chi connectivity index (χ4v) is 3.89. The Kier molecular flexibility index (Phi) is 4.76. The first-order chi connectivity index (χ1) is 13.1. The van der Waals surface area contributed by atoms with Crippen molar-refractivity contribution in [3.05, 3.63) is 58.5 Å². The Balaban J connectivity index is 1.64. The molecular weight excluding hydrogens is 368 g/mol. The van der Waals surface area contributed by atoms with Gasteiger partial charge in [-0.2, -0.15) is 0 Å². The highest BCUT2D eigenvalue weighted by Crippen LogP contribution is 2.45. The van der Waals surface area contributed by atoms with Gasteiger partial charge < -0.3 is 4.74 Å². The lowest BCUT2D eigenvalue weighted by atomic mass is 9.93. The van der Waals surface area contributed by atoms with Crippen molar-refractivity contribution >= 4 is 29.1 Å². The Morgan fingerprint density at radius 1 is 1.22 bits per heavy atom. The molecule has 140 valence electrons. The molecule has 1 N–H and O–H groups in total. The molecule has 3 aliphatic rings. The fourth-order valence-electron chi connectivity index (χ4n) is 3.67. The first-order valence-electron chi connectivity index (χ1n) is 8.89. The van der Waals surface area contributed by atoms with Gasteiger partial charge in [0, 0.05) is 23.1 Å². The van der Waals surface area contributed by atoms with Gasteiger partial charge in [-0.1, -0.05) is 17.7 Å². The van der Waals surface area contributed by atoms with Gasteiger partial charge in [-0.25, -0.2) is 4.90 Å². The number of amides is 2. The standard InChI is InChI=1S/C20H19ClN2O4/c1-2-9-26-22-11-12-10-15-17(8-7-16(21)18(15)27-12)23-19(24)13-5-3-4-6-14(13)20(23)25/h2,7-8,11,22H,1,3-6,9-10H2. The second-order valence-corrected chi connectivity index (χ2v) is 7.00. The second kappa shape index (κ2) is 7.21. The van der Waals surface area contributed by atoms with E-state index in [1.807, 2.05) is 0 Å². The molecule has 4 rings (SSSR count). The molecule has 0 radical (unpaired) electrons. The van der Waals surface area contributed by atoms with Gasteiger partial charge in [0.15, 0.2) is 5.75 Å². The predicted molar refractivity (Wildman–Crippen MR) is 101 cm³/mol. The summed E-state index contributed by atoms with van der Waals surface area (Å²) in [7, 11) is 0. The van der Waals surface area contributed by atoms with Crippen molar-refractivity contribution in [1.82, 2.24) is 5.48 Å². The van der Waals surface area contributed by atoms with Crippen LogP contribution in [0.3, 0.4) is 0 Å². The van der Waals surface area contributed by atoms with Crippen molar-refractivity contribution in [2.45, 2.75) is 32.1 Å². The quantitative estimate of drug-likeness (QED) is 0.362. The van der Waals surface area contributed by atoms with Crippen LogP contribution in [-0.4, -0.2) is 18.4 Å². The molecule has 0 atom stereocenters. The lowest BCUT2D eigenvalue weighted by molar-refractivity contribution is -0.120. The van der Waals surface area contributed by atoms with Gasteiger partial charge in [0.25, 0.3) is 11.8 Å². The summed E-state index contributed by atoms with van der Waals surface area (Å²) < 4.78 is 5.81. The molecule has 6 nitrogen and oxygen atoms in total. The molecule has 2 amide bonds. The number of ether oxygens (including phenoxy) is 1. The molecule has 2 aliphatic heterocycles. The molecular formula is C20H19ClN2O4. The van der Waals surface area contributed by atoms with Gasteiger partial charge in [0.05, 0.1) is 23.5 Å². The Morgan fingerprint density at radius 2 is 1.93 bits per heavy atom. The maximum Gasteiger partial charge on any atom is 0.261 e. The number of nitrogens with zero attached hydrogens (tertiary/aromatic N) is 1. The average molecular weight is 387 g/mol. The van der Waals surface area contributed by atoms with E-state index in [-0.39, 0.29) is 11.8 Å². The van der Waals surface area contributed by atoms with Crippen LogP contribution >= 0.6 is 11.6 Å². The van der Waals surface area contributed by atoms with Gasteiger partial charge in [-0.05, 0) is 37.8 Å². The van der Waals surface area contributed by atoms with E-state index in [1.165, 1.54) is 4.90 Å². The molecule has 7 heteroatoms. The zero-order valence-electron chi connectivity index (χ0n) is 14.7. The van der Waals surface area contributed by atoms with Crippen molar-refractivity contribution in [3.63, 3.8) is 0 Å². The topological polar surface area (TPSA) is 67.9 Å². The molecule has 0 aromatic heterocycles. The number of carbonyl (C=O) groups excluding carboxylic acids is 2. The van der Waals surface area contributed by atoms with Crippen LogP contribution < -0.4 is 15.1 Å². The summed E-state index contributed by atoms with van der Waals surface area (Å²) in [6, 6.07) is 3.36. The maximum absolute atomic E-state index is 12.9. The number of benzene rings is 1. The largest absolute Gasteiger partial charge is 0.458 e. The van der Waals surface area contributed by atoms with Gasteiger partial charge in [0.2, 0.25) is 0 Å². The van der Waals surface area contributed by atoms with E-state index < -0.39 is 0 Å². The maximum atomic E-state index is 12.9. The van der Waals surface area contributed by atoms with E-state index in [0.29, 0.717) is 59.2 Å². The summed E-state index contributed by atoms with van der Waals surface area (Å²) in [6.07, 6.45) is 6.81. The monoisotopic (exact) mass is 386 g/mol. The molecule has 27 heavy (non-hydrogen) atoms. The lowest BCUT2D eigenvalue weighted by Crippen LogP contribution is -2.32. The van der Waals surface area contributed by atoms with E-state index in [1.54, 1.807) is 24.4 Å². The van der Waals surface area contributed by atoms with Crippen molar-refractivity contribution in [2.75, 3.05) is 11.5 Å². The summed E-state index contributed by atoms with van der Waals surface area (Å²) in [5.41, 5.74) is 5.25. The van der Waals surface area contributed by atoms with E-state index >= 15 is 0 Å². The van der Waals surface area contributed by atoms with Crippen molar-refractivity contribution < 1.29 is 19.2 Å². The number of hydroxylamine groups is 1. The van der Waals surface area contributed by atoms with Gasteiger partial charge >= 0.3 is 0 Å². The van der Waals surface area contributed by atoms with Crippen LogP contribution in [0.4, 0.5) is 5.69 Å².